The zero-order chi connectivity index (χ0) is 19.3. The van der Waals surface area contributed by atoms with Gasteiger partial charge < -0.3 is 15.5 Å². The SMILES string of the molecule is Cn1ncc2c(N3CCN(C(=O)C4CC5CCCC(C4)C5N)CC3)ncnc21. The molecular formula is C20H29N7O. The molecule has 8 heteroatoms. The van der Waals surface area contributed by atoms with Crippen molar-refractivity contribution in [2.45, 2.75) is 38.1 Å². The Morgan fingerprint density at radius 1 is 1.11 bits per heavy atom. The first kappa shape index (κ1) is 17.8. The lowest BCUT2D eigenvalue weighted by Gasteiger charge is -2.45. The molecule has 1 aliphatic heterocycles. The zero-order valence-corrected chi connectivity index (χ0v) is 16.5. The Morgan fingerprint density at radius 2 is 1.82 bits per heavy atom. The number of aryl methyl sites for hydroxylation is 1. The maximum absolute atomic E-state index is 13.2. The second-order valence-electron chi connectivity index (χ2n) is 8.71. The number of rotatable bonds is 2. The molecule has 2 saturated carbocycles. The molecule has 2 bridgehead atoms. The van der Waals surface area contributed by atoms with Crippen LogP contribution in [-0.4, -0.2) is 62.8 Å². The molecule has 0 radical (unpaired) electrons. The number of carbonyl (C=O) groups is 1. The molecule has 3 fully saturated rings. The lowest BCUT2D eigenvalue weighted by atomic mass is 9.65. The Morgan fingerprint density at radius 3 is 2.54 bits per heavy atom. The van der Waals surface area contributed by atoms with E-state index in [-0.39, 0.29) is 5.92 Å². The highest BCUT2D eigenvalue weighted by Crippen LogP contribution is 2.42. The predicted octanol–water partition coefficient (Wildman–Crippen LogP) is 1.17. The first-order chi connectivity index (χ1) is 13.6. The molecule has 1 saturated heterocycles. The van der Waals surface area contributed by atoms with Crippen molar-refractivity contribution < 1.29 is 4.79 Å². The molecule has 2 unspecified atom stereocenters. The summed E-state index contributed by atoms with van der Waals surface area (Å²) in [5.41, 5.74) is 7.25. The Bertz CT molecular complexity index is 859. The van der Waals surface area contributed by atoms with Gasteiger partial charge in [0.2, 0.25) is 5.91 Å². The lowest BCUT2D eigenvalue weighted by molar-refractivity contribution is -0.138. The Hall–Kier alpha value is -2.22. The summed E-state index contributed by atoms with van der Waals surface area (Å²) in [7, 11) is 1.89. The summed E-state index contributed by atoms with van der Waals surface area (Å²) in [5.74, 6) is 2.53. The fourth-order valence-electron chi connectivity index (χ4n) is 5.59. The Balaban J connectivity index is 1.25. The molecule has 28 heavy (non-hydrogen) atoms. The fourth-order valence-corrected chi connectivity index (χ4v) is 5.59. The van der Waals surface area contributed by atoms with E-state index in [1.54, 1.807) is 11.0 Å². The summed E-state index contributed by atoms with van der Waals surface area (Å²) >= 11 is 0. The number of carbonyl (C=O) groups excluding carboxylic acids is 1. The normalized spacial score (nSPS) is 30.6. The average Bonchev–Trinajstić information content (AvgIpc) is 3.09. The molecule has 3 heterocycles. The minimum atomic E-state index is 0.172. The van der Waals surface area contributed by atoms with Crippen molar-refractivity contribution in [1.82, 2.24) is 24.6 Å². The minimum absolute atomic E-state index is 0.172. The number of fused-ring (bicyclic) bond motifs is 3. The van der Waals surface area contributed by atoms with Crippen LogP contribution in [0, 0.1) is 17.8 Å². The van der Waals surface area contributed by atoms with Crippen LogP contribution in [-0.2, 0) is 11.8 Å². The number of nitrogens with zero attached hydrogens (tertiary/aromatic N) is 6. The van der Waals surface area contributed by atoms with Crippen LogP contribution in [0.2, 0.25) is 0 Å². The van der Waals surface area contributed by atoms with Crippen molar-refractivity contribution in [1.29, 1.82) is 0 Å². The van der Waals surface area contributed by atoms with E-state index in [0.29, 0.717) is 23.8 Å². The van der Waals surface area contributed by atoms with E-state index < -0.39 is 0 Å². The second-order valence-corrected chi connectivity index (χ2v) is 8.71. The summed E-state index contributed by atoms with van der Waals surface area (Å²) in [5, 5.41) is 5.27. The van der Waals surface area contributed by atoms with E-state index in [4.69, 9.17) is 5.73 Å². The third-order valence-corrected chi connectivity index (χ3v) is 7.16. The van der Waals surface area contributed by atoms with E-state index in [1.165, 1.54) is 19.3 Å². The van der Waals surface area contributed by atoms with Crippen LogP contribution in [0.1, 0.15) is 32.1 Å². The smallest absolute Gasteiger partial charge is 0.225 e. The topological polar surface area (TPSA) is 93.2 Å². The summed E-state index contributed by atoms with van der Waals surface area (Å²) in [6.07, 6.45) is 9.07. The highest BCUT2D eigenvalue weighted by molar-refractivity contribution is 5.87. The minimum Gasteiger partial charge on any atom is -0.352 e. The highest BCUT2D eigenvalue weighted by atomic mass is 16.2. The number of piperazine rings is 1. The van der Waals surface area contributed by atoms with E-state index in [0.717, 1.165) is 55.9 Å². The van der Waals surface area contributed by atoms with Gasteiger partial charge in [0.25, 0.3) is 0 Å². The third-order valence-electron chi connectivity index (χ3n) is 7.16. The van der Waals surface area contributed by atoms with Gasteiger partial charge in [0.05, 0.1) is 11.6 Å². The highest BCUT2D eigenvalue weighted by Gasteiger charge is 2.42. The molecule has 2 aromatic heterocycles. The molecule has 3 aliphatic rings. The van der Waals surface area contributed by atoms with E-state index in [1.807, 2.05) is 13.2 Å². The monoisotopic (exact) mass is 383 g/mol. The van der Waals surface area contributed by atoms with Gasteiger partial charge in [-0.3, -0.25) is 9.48 Å². The molecule has 5 rings (SSSR count). The fraction of sp³-hybridized carbons (Fsp3) is 0.700. The average molecular weight is 384 g/mol. The Labute approximate surface area is 165 Å². The van der Waals surface area contributed by atoms with Crippen LogP contribution >= 0.6 is 0 Å². The molecule has 2 aliphatic carbocycles. The van der Waals surface area contributed by atoms with Crippen LogP contribution in [0.4, 0.5) is 5.82 Å². The van der Waals surface area contributed by atoms with Gasteiger partial charge >= 0.3 is 0 Å². The van der Waals surface area contributed by atoms with Gasteiger partial charge in [0.15, 0.2) is 5.65 Å². The number of hydrogen-bond acceptors (Lipinski definition) is 6. The lowest BCUT2D eigenvalue weighted by Crippen LogP contribution is -2.53. The first-order valence-electron chi connectivity index (χ1n) is 10.5. The van der Waals surface area contributed by atoms with Crippen LogP contribution in [0.25, 0.3) is 11.0 Å². The summed E-state index contributed by atoms with van der Waals surface area (Å²) in [6.45, 7) is 3.10. The summed E-state index contributed by atoms with van der Waals surface area (Å²) < 4.78 is 1.77. The van der Waals surface area contributed by atoms with Crippen molar-refractivity contribution in [2.24, 2.45) is 30.5 Å². The Kier molecular flexibility index (Phi) is 4.45. The van der Waals surface area contributed by atoms with Crippen LogP contribution in [0.15, 0.2) is 12.5 Å². The number of anilines is 1. The summed E-state index contributed by atoms with van der Waals surface area (Å²) in [4.78, 5) is 26.3. The van der Waals surface area contributed by atoms with E-state index in [9.17, 15) is 4.79 Å². The molecular weight excluding hydrogens is 354 g/mol. The van der Waals surface area contributed by atoms with Gasteiger partial charge in [-0.05, 0) is 37.5 Å². The second kappa shape index (κ2) is 6.99. The van der Waals surface area contributed by atoms with Crippen LogP contribution in [0.5, 0.6) is 0 Å². The number of amides is 1. The molecule has 0 aromatic carbocycles. The van der Waals surface area contributed by atoms with Crippen LogP contribution in [0.3, 0.4) is 0 Å². The quantitative estimate of drug-likeness (QED) is 0.837. The molecule has 8 nitrogen and oxygen atoms in total. The molecule has 2 atom stereocenters. The van der Waals surface area contributed by atoms with Crippen LogP contribution < -0.4 is 10.6 Å². The van der Waals surface area contributed by atoms with Gasteiger partial charge in [-0.1, -0.05) is 6.42 Å². The van der Waals surface area contributed by atoms with Crippen molar-refractivity contribution in [3.8, 4) is 0 Å². The van der Waals surface area contributed by atoms with Crippen molar-refractivity contribution >= 4 is 22.8 Å². The predicted molar refractivity (Wildman–Crippen MR) is 107 cm³/mol. The molecule has 0 spiro atoms. The van der Waals surface area contributed by atoms with Gasteiger partial charge in [0.1, 0.15) is 12.1 Å². The summed E-state index contributed by atoms with van der Waals surface area (Å²) in [6, 6.07) is 0.314. The van der Waals surface area contributed by atoms with Gasteiger partial charge in [-0.25, -0.2) is 9.97 Å². The van der Waals surface area contributed by atoms with Crippen molar-refractivity contribution in [2.75, 3.05) is 31.1 Å². The third kappa shape index (κ3) is 2.94. The maximum atomic E-state index is 13.2. The largest absolute Gasteiger partial charge is 0.352 e. The number of nitrogens with two attached hydrogens (primary N) is 1. The van der Waals surface area contributed by atoms with Gasteiger partial charge in [0, 0.05) is 45.2 Å². The molecule has 1 amide bonds. The van der Waals surface area contributed by atoms with E-state index in [2.05, 4.69) is 24.9 Å². The number of aromatic nitrogens is 4. The standard InChI is InChI=1S/C20H29N7O/c1-25-18-16(11-24-25)19(23-12-22-18)26-5-7-27(8-6-26)20(28)15-9-13-3-2-4-14(10-15)17(13)21/h11-15,17H,2-10,21H2,1H3. The maximum Gasteiger partial charge on any atom is 0.225 e. The van der Waals surface area contributed by atoms with Gasteiger partial charge in [-0.15, -0.1) is 0 Å². The number of hydrogen-bond donors (Lipinski definition) is 1. The molecule has 2 aromatic rings. The van der Waals surface area contributed by atoms with Crippen molar-refractivity contribution in [3.05, 3.63) is 12.5 Å². The van der Waals surface area contributed by atoms with E-state index >= 15 is 0 Å². The molecule has 150 valence electrons. The molecule has 2 N–H and O–H groups in total. The van der Waals surface area contributed by atoms with Gasteiger partial charge in [-0.2, -0.15) is 5.10 Å². The zero-order valence-electron chi connectivity index (χ0n) is 16.5. The first-order valence-corrected chi connectivity index (χ1v) is 10.5. The van der Waals surface area contributed by atoms with Crippen molar-refractivity contribution in [3.63, 3.8) is 0 Å².